The van der Waals surface area contributed by atoms with Crippen molar-refractivity contribution in [3.8, 4) is 23.0 Å². The average Bonchev–Trinajstić information content (AvgIpc) is 2.69. The molecule has 0 aliphatic carbocycles. The van der Waals surface area contributed by atoms with E-state index in [-0.39, 0.29) is 5.78 Å². The topological polar surface area (TPSA) is 44.8 Å². The number of para-hydroxylation sites is 1. The van der Waals surface area contributed by atoms with Gasteiger partial charge in [-0.1, -0.05) is 23.7 Å². The maximum absolute atomic E-state index is 12.7. The van der Waals surface area contributed by atoms with E-state index < -0.39 is 0 Å². The maximum Gasteiger partial charge on any atom is 0.193 e. The molecule has 0 aliphatic heterocycles. The van der Waals surface area contributed by atoms with Gasteiger partial charge in [-0.05, 0) is 54.6 Å². The van der Waals surface area contributed by atoms with Gasteiger partial charge in [0.25, 0.3) is 0 Å². The van der Waals surface area contributed by atoms with Crippen LogP contribution in [0, 0.1) is 0 Å². The summed E-state index contributed by atoms with van der Waals surface area (Å²) < 4.78 is 16.2. The molecule has 0 spiro atoms. The second-order valence-electron chi connectivity index (χ2n) is 5.46. The van der Waals surface area contributed by atoms with Crippen molar-refractivity contribution < 1.29 is 19.0 Å². The normalized spacial score (nSPS) is 10.3. The lowest BCUT2D eigenvalue weighted by Crippen LogP contribution is -2.02. The molecule has 0 aliphatic rings. The molecule has 0 N–H and O–H groups in total. The molecule has 0 heterocycles. The van der Waals surface area contributed by atoms with Gasteiger partial charge in [0.2, 0.25) is 0 Å². The summed E-state index contributed by atoms with van der Waals surface area (Å²) in [5.74, 6) is 2.13. The van der Waals surface area contributed by atoms with E-state index >= 15 is 0 Å². The maximum atomic E-state index is 12.7. The Morgan fingerprint density at radius 2 is 1.42 bits per heavy atom. The SMILES string of the molecule is COc1ccc(C(=O)c2ccc(Oc3ccccc3Cl)cc2)cc1OC. The zero-order valence-electron chi connectivity index (χ0n) is 14.4. The van der Waals surface area contributed by atoms with Gasteiger partial charge in [-0.15, -0.1) is 0 Å². The van der Waals surface area contributed by atoms with E-state index in [9.17, 15) is 4.79 Å². The van der Waals surface area contributed by atoms with Crippen molar-refractivity contribution in [3.63, 3.8) is 0 Å². The molecule has 0 bridgehead atoms. The van der Waals surface area contributed by atoms with Gasteiger partial charge < -0.3 is 14.2 Å². The minimum absolute atomic E-state index is 0.116. The van der Waals surface area contributed by atoms with Crippen LogP contribution < -0.4 is 14.2 Å². The first-order valence-corrected chi connectivity index (χ1v) is 8.29. The molecule has 5 heteroatoms. The third-order valence-electron chi connectivity index (χ3n) is 3.83. The van der Waals surface area contributed by atoms with Crippen LogP contribution in [0.3, 0.4) is 0 Å². The average molecular weight is 369 g/mol. The summed E-state index contributed by atoms with van der Waals surface area (Å²) in [5, 5.41) is 0.526. The highest BCUT2D eigenvalue weighted by Crippen LogP contribution is 2.30. The summed E-state index contributed by atoms with van der Waals surface area (Å²) in [4.78, 5) is 12.7. The highest BCUT2D eigenvalue weighted by molar-refractivity contribution is 6.32. The number of ether oxygens (including phenoxy) is 3. The summed E-state index contributed by atoms with van der Waals surface area (Å²) in [7, 11) is 3.09. The molecular formula is C21H17ClO4. The molecule has 0 amide bonds. The highest BCUT2D eigenvalue weighted by Gasteiger charge is 2.13. The summed E-state index contributed by atoms with van der Waals surface area (Å²) in [6, 6.07) is 19.2. The summed E-state index contributed by atoms with van der Waals surface area (Å²) in [6.45, 7) is 0. The number of benzene rings is 3. The molecule has 0 saturated carbocycles. The van der Waals surface area contributed by atoms with Crippen molar-refractivity contribution in [2.24, 2.45) is 0 Å². The quantitative estimate of drug-likeness (QED) is 0.548. The van der Waals surface area contributed by atoms with Gasteiger partial charge in [0.1, 0.15) is 11.5 Å². The van der Waals surface area contributed by atoms with Gasteiger partial charge >= 0.3 is 0 Å². The molecule has 26 heavy (non-hydrogen) atoms. The number of halogens is 1. The lowest BCUT2D eigenvalue weighted by molar-refractivity contribution is 0.103. The van der Waals surface area contributed by atoms with E-state index in [2.05, 4.69) is 0 Å². The Hall–Kier alpha value is -2.98. The lowest BCUT2D eigenvalue weighted by atomic mass is 10.0. The van der Waals surface area contributed by atoms with Gasteiger partial charge in [-0.25, -0.2) is 0 Å². The van der Waals surface area contributed by atoms with Gasteiger partial charge in [0.05, 0.1) is 19.2 Å². The molecule has 3 aromatic rings. The molecule has 3 aromatic carbocycles. The lowest BCUT2D eigenvalue weighted by Gasteiger charge is -2.10. The molecule has 3 rings (SSSR count). The number of hydrogen-bond donors (Lipinski definition) is 0. The first-order valence-electron chi connectivity index (χ1n) is 7.91. The first-order chi connectivity index (χ1) is 12.6. The molecule has 0 radical (unpaired) electrons. The molecule has 132 valence electrons. The predicted molar refractivity (Wildman–Crippen MR) is 101 cm³/mol. The second-order valence-corrected chi connectivity index (χ2v) is 5.86. The smallest absolute Gasteiger partial charge is 0.193 e. The van der Waals surface area contributed by atoms with E-state index in [4.69, 9.17) is 25.8 Å². The Bertz CT molecular complexity index is 920. The fourth-order valence-corrected chi connectivity index (χ4v) is 2.65. The number of carbonyl (C=O) groups is 1. The van der Waals surface area contributed by atoms with E-state index in [1.165, 1.54) is 7.11 Å². The van der Waals surface area contributed by atoms with Crippen molar-refractivity contribution in [2.45, 2.75) is 0 Å². The number of hydrogen-bond acceptors (Lipinski definition) is 4. The standard InChI is InChI=1S/C21H17ClO4/c1-24-19-12-9-15(13-20(19)25-2)21(23)14-7-10-16(11-8-14)26-18-6-4-3-5-17(18)22/h3-13H,1-2H3. The molecule has 0 fully saturated rings. The summed E-state index contributed by atoms with van der Waals surface area (Å²) >= 11 is 6.09. The zero-order valence-corrected chi connectivity index (χ0v) is 15.1. The van der Waals surface area contributed by atoms with E-state index in [0.717, 1.165) is 0 Å². The Morgan fingerprint density at radius 3 is 2.08 bits per heavy atom. The highest BCUT2D eigenvalue weighted by atomic mass is 35.5. The zero-order chi connectivity index (χ0) is 18.5. The second kappa shape index (κ2) is 7.93. The Morgan fingerprint density at radius 1 is 0.769 bits per heavy atom. The van der Waals surface area contributed by atoms with Crippen molar-refractivity contribution in [2.75, 3.05) is 14.2 Å². The van der Waals surface area contributed by atoms with Gasteiger partial charge in [0, 0.05) is 11.1 Å². The Kier molecular flexibility index (Phi) is 5.44. The number of methoxy groups -OCH3 is 2. The van der Waals surface area contributed by atoms with Crippen molar-refractivity contribution >= 4 is 17.4 Å². The van der Waals surface area contributed by atoms with Crippen LogP contribution >= 0.6 is 11.6 Å². The van der Waals surface area contributed by atoms with Crippen LogP contribution in [-0.2, 0) is 0 Å². The van der Waals surface area contributed by atoms with Crippen molar-refractivity contribution in [1.29, 1.82) is 0 Å². The van der Waals surface area contributed by atoms with Crippen LogP contribution in [0.1, 0.15) is 15.9 Å². The Balaban J connectivity index is 1.80. The molecule has 4 nitrogen and oxygen atoms in total. The molecule has 0 aromatic heterocycles. The van der Waals surface area contributed by atoms with E-state index in [1.54, 1.807) is 61.7 Å². The van der Waals surface area contributed by atoms with Crippen LogP contribution in [0.2, 0.25) is 5.02 Å². The van der Waals surface area contributed by atoms with Crippen LogP contribution in [-0.4, -0.2) is 20.0 Å². The monoisotopic (exact) mass is 368 g/mol. The first kappa shape index (κ1) is 17.8. The minimum atomic E-state index is -0.116. The molecule has 0 atom stereocenters. The third-order valence-corrected chi connectivity index (χ3v) is 4.14. The molecule has 0 saturated heterocycles. The summed E-state index contributed by atoms with van der Waals surface area (Å²) in [5.41, 5.74) is 1.06. The number of rotatable bonds is 6. The molecule has 0 unspecified atom stereocenters. The fourth-order valence-electron chi connectivity index (χ4n) is 2.47. The van der Waals surface area contributed by atoms with Crippen molar-refractivity contribution in [1.82, 2.24) is 0 Å². The van der Waals surface area contributed by atoms with Gasteiger partial charge in [-0.3, -0.25) is 4.79 Å². The Labute approximate surface area is 156 Å². The van der Waals surface area contributed by atoms with Crippen LogP contribution in [0.15, 0.2) is 66.7 Å². The van der Waals surface area contributed by atoms with Crippen LogP contribution in [0.4, 0.5) is 0 Å². The van der Waals surface area contributed by atoms with E-state index in [1.807, 2.05) is 12.1 Å². The number of carbonyl (C=O) groups excluding carboxylic acids is 1. The minimum Gasteiger partial charge on any atom is -0.493 e. The van der Waals surface area contributed by atoms with Crippen LogP contribution in [0.5, 0.6) is 23.0 Å². The summed E-state index contributed by atoms with van der Waals surface area (Å²) in [6.07, 6.45) is 0. The fraction of sp³-hybridized carbons (Fsp3) is 0.0952. The number of ketones is 1. The molecular weight excluding hydrogens is 352 g/mol. The van der Waals surface area contributed by atoms with Gasteiger partial charge in [0.15, 0.2) is 17.3 Å². The van der Waals surface area contributed by atoms with E-state index in [0.29, 0.717) is 39.1 Å². The third kappa shape index (κ3) is 3.81. The van der Waals surface area contributed by atoms with Crippen molar-refractivity contribution in [3.05, 3.63) is 82.9 Å². The van der Waals surface area contributed by atoms with Crippen LogP contribution in [0.25, 0.3) is 0 Å². The predicted octanol–water partition coefficient (Wildman–Crippen LogP) is 5.38. The van der Waals surface area contributed by atoms with Gasteiger partial charge in [-0.2, -0.15) is 0 Å². The largest absolute Gasteiger partial charge is 0.493 e.